The van der Waals surface area contributed by atoms with Crippen LogP contribution in [0.1, 0.15) is 5.56 Å². The second-order valence-electron chi connectivity index (χ2n) is 5.12. The van der Waals surface area contributed by atoms with Crippen LogP contribution in [-0.2, 0) is 4.79 Å². The van der Waals surface area contributed by atoms with Crippen LogP contribution in [0.25, 0.3) is 0 Å². The molecular formula is C18H18Cl2N2O5. The molecule has 0 aromatic heterocycles. The monoisotopic (exact) mass is 412 g/mol. The molecule has 7 nitrogen and oxygen atoms in total. The van der Waals surface area contributed by atoms with Crippen LogP contribution in [0, 0.1) is 0 Å². The van der Waals surface area contributed by atoms with Crippen LogP contribution in [0.15, 0.2) is 35.4 Å². The number of nitrogens with zero attached hydrogens (tertiary/aromatic N) is 1. The van der Waals surface area contributed by atoms with Gasteiger partial charge < -0.3 is 18.9 Å². The Morgan fingerprint density at radius 1 is 1.04 bits per heavy atom. The highest BCUT2D eigenvalue weighted by Crippen LogP contribution is 2.37. The Morgan fingerprint density at radius 2 is 1.70 bits per heavy atom. The van der Waals surface area contributed by atoms with Crippen molar-refractivity contribution >= 4 is 35.3 Å². The smallest absolute Gasteiger partial charge is 0.277 e. The van der Waals surface area contributed by atoms with Crippen LogP contribution in [-0.4, -0.2) is 40.1 Å². The number of hydrogen-bond acceptors (Lipinski definition) is 6. The lowest BCUT2D eigenvalue weighted by Crippen LogP contribution is -2.24. The molecule has 9 heteroatoms. The van der Waals surface area contributed by atoms with E-state index in [0.29, 0.717) is 38.6 Å². The predicted molar refractivity (Wildman–Crippen MR) is 104 cm³/mol. The number of carbonyl (C=O) groups excluding carboxylic acids is 1. The van der Waals surface area contributed by atoms with E-state index in [0.717, 1.165) is 0 Å². The molecule has 0 spiro atoms. The van der Waals surface area contributed by atoms with Crippen molar-refractivity contribution in [1.29, 1.82) is 0 Å². The zero-order valence-electron chi connectivity index (χ0n) is 14.9. The van der Waals surface area contributed by atoms with Crippen molar-refractivity contribution in [3.8, 4) is 23.0 Å². The SMILES string of the molecule is COc1cc(C=NNC(=O)COc2ccc(Cl)cc2Cl)cc(OC)c1OC. The Kier molecular flexibility index (Phi) is 7.57. The van der Waals surface area contributed by atoms with E-state index in [1.54, 1.807) is 24.3 Å². The van der Waals surface area contributed by atoms with Crippen LogP contribution >= 0.6 is 23.2 Å². The van der Waals surface area contributed by atoms with E-state index in [1.165, 1.54) is 33.6 Å². The largest absolute Gasteiger partial charge is 0.493 e. The number of methoxy groups -OCH3 is 3. The van der Waals surface area contributed by atoms with Crippen molar-refractivity contribution in [2.75, 3.05) is 27.9 Å². The van der Waals surface area contributed by atoms with Gasteiger partial charge in [-0.3, -0.25) is 4.79 Å². The minimum Gasteiger partial charge on any atom is -0.493 e. The van der Waals surface area contributed by atoms with Gasteiger partial charge in [0.25, 0.3) is 5.91 Å². The number of carbonyl (C=O) groups is 1. The Hall–Kier alpha value is -2.64. The lowest BCUT2D eigenvalue weighted by Gasteiger charge is -2.12. The maximum absolute atomic E-state index is 11.8. The van der Waals surface area contributed by atoms with Crippen LogP contribution in [0.3, 0.4) is 0 Å². The maximum Gasteiger partial charge on any atom is 0.277 e. The first-order valence-electron chi connectivity index (χ1n) is 7.68. The highest BCUT2D eigenvalue weighted by Gasteiger charge is 2.12. The fraction of sp³-hybridized carbons (Fsp3) is 0.222. The van der Waals surface area contributed by atoms with Gasteiger partial charge in [-0.1, -0.05) is 23.2 Å². The number of halogens is 2. The molecule has 0 heterocycles. The molecule has 0 saturated heterocycles. The van der Waals surface area contributed by atoms with E-state index in [1.807, 2.05) is 0 Å². The topological polar surface area (TPSA) is 78.4 Å². The molecule has 1 N–H and O–H groups in total. The number of rotatable bonds is 8. The van der Waals surface area contributed by atoms with Crippen LogP contribution in [0.2, 0.25) is 10.0 Å². The summed E-state index contributed by atoms with van der Waals surface area (Å²) in [6.45, 7) is -0.256. The van der Waals surface area contributed by atoms with Gasteiger partial charge in [-0.15, -0.1) is 0 Å². The standard InChI is InChI=1S/C18H18Cl2N2O5/c1-24-15-6-11(7-16(25-2)18(15)26-3)9-21-22-17(23)10-27-14-5-4-12(19)8-13(14)20/h4-9H,10H2,1-3H3,(H,22,23). The molecule has 0 aliphatic rings. The Balaban J connectivity index is 1.97. The zero-order valence-corrected chi connectivity index (χ0v) is 16.4. The summed E-state index contributed by atoms with van der Waals surface area (Å²) >= 11 is 11.8. The first kappa shape index (κ1) is 20.7. The fourth-order valence-corrected chi connectivity index (χ4v) is 2.59. The van der Waals surface area contributed by atoms with E-state index in [2.05, 4.69) is 10.5 Å². The molecule has 1 amide bonds. The third kappa shape index (κ3) is 5.67. The fourth-order valence-electron chi connectivity index (χ4n) is 2.12. The van der Waals surface area contributed by atoms with E-state index in [4.69, 9.17) is 42.1 Å². The van der Waals surface area contributed by atoms with Crippen LogP contribution in [0.5, 0.6) is 23.0 Å². The summed E-state index contributed by atoms with van der Waals surface area (Å²) in [6.07, 6.45) is 1.44. The highest BCUT2D eigenvalue weighted by atomic mass is 35.5. The lowest BCUT2D eigenvalue weighted by atomic mass is 10.2. The summed E-state index contributed by atoms with van der Waals surface area (Å²) in [6, 6.07) is 8.11. The second-order valence-corrected chi connectivity index (χ2v) is 5.96. The predicted octanol–water partition coefficient (Wildman–Crippen LogP) is 3.55. The van der Waals surface area contributed by atoms with Crippen molar-refractivity contribution < 1.29 is 23.7 Å². The second kappa shape index (κ2) is 9.89. The van der Waals surface area contributed by atoms with E-state index in [9.17, 15) is 4.79 Å². The molecular weight excluding hydrogens is 395 g/mol. The quantitative estimate of drug-likeness (QED) is 0.529. The summed E-state index contributed by atoms with van der Waals surface area (Å²) in [5.41, 5.74) is 3.00. The molecule has 27 heavy (non-hydrogen) atoms. The highest BCUT2D eigenvalue weighted by molar-refractivity contribution is 6.35. The van der Waals surface area contributed by atoms with Crippen molar-refractivity contribution in [3.63, 3.8) is 0 Å². The summed E-state index contributed by atoms with van der Waals surface area (Å²) in [5, 5.41) is 4.68. The average molecular weight is 413 g/mol. The van der Waals surface area contributed by atoms with Crippen LogP contribution < -0.4 is 24.4 Å². The van der Waals surface area contributed by atoms with Gasteiger partial charge in [0.2, 0.25) is 5.75 Å². The molecule has 0 aliphatic carbocycles. The average Bonchev–Trinajstić information content (AvgIpc) is 2.66. The Bertz CT molecular complexity index is 817. The number of amides is 1. The minimum atomic E-state index is -0.454. The Labute approximate surface area is 166 Å². The molecule has 0 radical (unpaired) electrons. The molecule has 2 aromatic carbocycles. The molecule has 2 aromatic rings. The van der Waals surface area contributed by atoms with Gasteiger partial charge >= 0.3 is 0 Å². The van der Waals surface area contributed by atoms with Crippen molar-refractivity contribution in [2.24, 2.45) is 5.10 Å². The maximum atomic E-state index is 11.8. The first-order chi connectivity index (χ1) is 13.0. The summed E-state index contributed by atoms with van der Waals surface area (Å²) in [4.78, 5) is 11.8. The summed E-state index contributed by atoms with van der Waals surface area (Å²) < 4.78 is 21.1. The van der Waals surface area contributed by atoms with E-state index in [-0.39, 0.29) is 6.61 Å². The van der Waals surface area contributed by atoms with Gasteiger partial charge in [-0.05, 0) is 30.3 Å². The number of hydrogen-bond donors (Lipinski definition) is 1. The van der Waals surface area contributed by atoms with Crippen LogP contribution in [0.4, 0.5) is 0 Å². The minimum absolute atomic E-state index is 0.256. The zero-order chi connectivity index (χ0) is 19.8. The molecule has 0 atom stereocenters. The number of ether oxygens (including phenoxy) is 4. The van der Waals surface area contributed by atoms with Crippen molar-refractivity contribution in [2.45, 2.75) is 0 Å². The molecule has 144 valence electrons. The van der Waals surface area contributed by atoms with Crippen molar-refractivity contribution in [1.82, 2.24) is 5.43 Å². The van der Waals surface area contributed by atoms with Gasteiger partial charge in [-0.2, -0.15) is 5.10 Å². The molecule has 0 saturated carbocycles. The van der Waals surface area contributed by atoms with Gasteiger partial charge in [0, 0.05) is 10.6 Å². The molecule has 0 bridgehead atoms. The van der Waals surface area contributed by atoms with E-state index < -0.39 is 5.91 Å². The normalized spacial score (nSPS) is 10.6. The Morgan fingerprint density at radius 3 is 2.26 bits per heavy atom. The third-order valence-corrected chi connectivity index (χ3v) is 3.87. The molecule has 2 rings (SSSR count). The van der Waals surface area contributed by atoms with Crippen molar-refractivity contribution in [3.05, 3.63) is 45.9 Å². The van der Waals surface area contributed by atoms with Gasteiger partial charge in [0.1, 0.15) is 5.75 Å². The summed E-state index contributed by atoms with van der Waals surface area (Å²) in [7, 11) is 4.54. The molecule has 0 fully saturated rings. The first-order valence-corrected chi connectivity index (χ1v) is 8.43. The third-order valence-electron chi connectivity index (χ3n) is 3.34. The summed E-state index contributed by atoms with van der Waals surface area (Å²) in [5.74, 6) is 1.32. The molecule has 0 unspecified atom stereocenters. The molecule has 0 aliphatic heterocycles. The number of benzene rings is 2. The van der Waals surface area contributed by atoms with Gasteiger partial charge in [0.15, 0.2) is 18.1 Å². The van der Waals surface area contributed by atoms with E-state index >= 15 is 0 Å². The van der Waals surface area contributed by atoms with Gasteiger partial charge in [0.05, 0.1) is 32.6 Å². The number of hydrazone groups is 1. The van der Waals surface area contributed by atoms with Gasteiger partial charge in [-0.25, -0.2) is 5.43 Å². The lowest BCUT2D eigenvalue weighted by molar-refractivity contribution is -0.123. The number of nitrogens with one attached hydrogen (secondary N) is 1.